The lowest BCUT2D eigenvalue weighted by molar-refractivity contribution is -0.250. The van der Waals surface area contributed by atoms with Crippen molar-refractivity contribution < 1.29 is 76.7 Å². The van der Waals surface area contributed by atoms with Crippen LogP contribution in [0, 0.1) is 29.1 Å². The second-order valence-corrected chi connectivity index (χ2v) is 30.5. The largest absolute Gasteiger partial charge is 0.476 e. The van der Waals surface area contributed by atoms with Gasteiger partial charge in [0.25, 0.3) is 23.6 Å². The molecule has 29 nitrogen and oxygen atoms in total. The van der Waals surface area contributed by atoms with Crippen LogP contribution in [0.1, 0.15) is 122 Å². The van der Waals surface area contributed by atoms with Crippen LogP contribution in [0.25, 0.3) is 21.3 Å². The number of para-hydroxylation sites is 1. The zero-order valence-corrected chi connectivity index (χ0v) is 61.7. The van der Waals surface area contributed by atoms with Crippen LogP contribution in [0.15, 0.2) is 97.2 Å². The normalized spacial score (nSPS) is 20.6. The second-order valence-electron chi connectivity index (χ2n) is 29.4. The van der Waals surface area contributed by atoms with E-state index >= 15 is 0 Å². The van der Waals surface area contributed by atoms with E-state index in [2.05, 4.69) is 34.8 Å². The summed E-state index contributed by atoms with van der Waals surface area (Å²) in [5.74, 6) is -4.32. The summed E-state index contributed by atoms with van der Waals surface area (Å²) in [4.78, 5) is 131. The molecular weight excluding hydrogens is 1380 g/mol. The third-order valence-corrected chi connectivity index (χ3v) is 21.4. The molecule has 2 aliphatic heterocycles. The van der Waals surface area contributed by atoms with Gasteiger partial charge in [0.2, 0.25) is 11.8 Å². The highest BCUT2D eigenvalue weighted by Gasteiger charge is 2.66. The Morgan fingerprint density at radius 1 is 0.774 bits per heavy atom. The van der Waals surface area contributed by atoms with Crippen molar-refractivity contribution in [2.24, 2.45) is 33.6 Å². The number of nitrogens with zero attached hydrogens (tertiary/aromatic N) is 8. The molecule has 0 spiro atoms. The summed E-state index contributed by atoms with van der Waals surface area (Å²) in [6, 6.07) is 19.7. The van der Waals surface area contributed by atoms with Gasteiger partial charge in [-0.15, -0.1) is 0 Å². The number of primary amides is 1. The van der Waals surface area contributed by atoms with Crippen LogP contribution in [-0.2, 0) is 78.5 Å². The quantitative estimate of drug-likeness (QED) is 0.0163. The molecule has 12 rings (SSSR count). The van der Waals surface area contributed by atoms with Crippen LogP contribution < -0.4 is 37.2 Å². The Hall–Kier alpha value is -9.56. The topological polar surface area (TPSA) is 374 Å². The van der Waals surface area contributed by atoms with Crippen molar-refractivity contribution >= 4 is 91.7 Å². The fourth-order valence-electron chi connectivity index (χ4n) is 16.7. The number of imide groups is 2. The van der Waals surface area contributed by atoms with Crippen molar-refractivity contribution in [3.63, 3.8) is 0 Å². The van der Waals surface area contributed by atoms with Gasteiger partial charge >= 0.3 is 18.1 Å². The van der Waals surface area contributed by atoms with Crippen LogP contribution in [0.2, 0.25) is 0 Å². The number of carboxylic acid groups (broad SMARTS) is 1. The summed E-state index contributed by atoms with van der Waals surface area (Å²) < 4.78 is 38.1. The van der Waals surface area contributed by atoms with Gasteiger partial charge in [-0.05, 0) is 153 Å². The maximum atomic E-state index is 14.1. The summed E-state index contributed by atoms with van der Waals surface area (Å²) in [6.45, 7) is 13.5. The smallest absolute Gasteiger partial charge is 0.409 e. The Morgan fingerprint density at radius 3 is 2.17 bits per heavy atom. The molecule has 3 aromatic carbocycles. The number of amides is 9. The molecular formula is C76H95N13O16S. The molecule has 566 valence electrons. The monoisotopic (exact) mass is 1480 g/mol. The van der Waals surface area contributed by atoms with Gasteiger partial charge in [0, 0.05) is 67.8 Å². The standard InChI is InChI=1S/C76H95N13O16S/c1-48(2)64(83-61(90)40-103-34-33-101-30-28-87-62(91)22-23-63(87)92)67(94)80-58(14-10-25-77)68(95)89(70(78)98)52-18-16-50(17-19-52)39-104-72(99)85(6)27-29-100-31-32-102-35-36-105-76-44-73(4)41-74(5,45-76)43-75(42-73,46-76)47-88-49(3)55(37-79-88)53-20-21-60(82-65(53)69(96)97)86-26-24-51-11-9-12-54(56(51)38-86)66(93)84-71-81-57-13-7-8-15-59(57)106-71/h7-9,11-13,15-23,37,48,58,64H,10,14,24-36,38-47,77H2,1-6H3,(H2,78,98)(H,80,94)(H,83,90)(H,96,97)(H,81,84,93)/t58-,64-,73?,74?,75?,76?/m0/s1. The number of aromatic carboxylic acids is 1. The number of fused-ring (bicyclic) bond motifs is 2. The summed E-state index contributed by atoms with van der Waals surface area (Å²) >= 11 is 1.42. The number of anilines is 3. The van der Waals surface area contributed by atoms with Crippen molar-refractivity contribution in [2.45, 2.75) is 130 Å². The van der Waals surface area contributed by atoms with E-state index in [1.165, 1.54) is 40.5 Å². The van der Waals surface area contributed by atoms with Gasteiger partial charge in [-0.2, -0.15) is 5.10 Å². The molecule has 4 fully saturated rings. The number of likely N-dealkylation sites (N-methyl/N-ethyl adjacent to an activating group) is 1. The molecule has 6 aromatic rings. The fraction of sp³-hybridized carbons (Fsp3) is 0.500. The Balaban J connectivity index is 0.598. The molecule has 0 radical (unpaired) electrons. The van der Waals surface area contributed by atoms with Crippen molar-refractivity contribution in [1.29, 1.82) is 0 Å². The second kappa shape index (κ2) is 33.9. The van der Waals surface area contributed by atoms with Crippen LogP contribution in [-0.4, -0.2) is 199 Å². The van der Waals surface area contributed by atoms with E-state index in [9.17, 15) is 48.3 Å². The van der Waals surface area contributed by atoms with Gasteiger partial charge in [0.15, 0.2) is 10.8 Å². The van der Waals surface area contributed by atoms with Crippen molar-refractivity contribution in [3.05, 3.63) is 131 Å². The molecule has 6 aliphatic rings. The minimum atomic E-state index is -1.27. The number of pyridine rings is 1. The van der Waals surface area contributed by atoms with E-state index < -0.39 is 72.2 Å². The summed E-state index contributed by atoms with van der Waals surface area (Å²) in [5, 5.41) is 24.5. The molecule has 4 atom stereocenters. The number of urea groups is 1. The third-order valence-electron chi connectivity index (χ3n) is 20.4. The molecule has 30 heteroatoms. The predicted molar refractivity (Wildman–Crippen MR) is 393 cm³/mol. The first kappa shape index (κ1) is 77.5. The number of carbonyl (C=O) groups excluding carboxylic acids is 8. The number of ether oxygens (including phenoxy) is 6. The van der Waals surface area contributed by atoms with Gasteiger partial charge < -0.3 is 65.4 Å². The average molecular weight is 1480 g/mol. The Kier molecular flexibility index (Phi) is 24.8. The first-order valence-electron chi connectivity index (χ1n) is 35.9. The molecule has 106 heavy (non-hydrogen) atoms. The molecule has 9 amide bonds. The Morgan fingerprint density at radius 2 is 1.47 bits per heavy atom. The number of carboxylic acids is 1. The van der Waals surface area contributed by atoms with Gasteiger partial charge in [-0.1, -0.05) is 75.4 Å². The summed E-state index contributed by atoms with van der Waals surface area (Å²) in [7, 11) is 1.58. The molecule has 8 N–H and O–H groups in total. The molecule has 5 heterocycles. The van der Waals surface area contributed by atoms with Crippen LogP contribution in [0.3, 0.4) is 0 Å². The zero-order chi connectivity index (χ0) is 75.5. The third kappa shape index (κ3) is 18.6. The fourth-order valence-corrected chi connectivity index (χ4v) is 17.5. The van der Waals surface area contributed by atoms with Crippen LogP contribution in [0.4, 0.5) is 26.2 Å². The van der Waals surface area contributed by atoms with E-state index in [1.54, 1.807) is 39.2 Å². The number of rotatable bonds is 36. The molecule has 4 aliphatic carbocycles. The number of hydrogen-bond acceptors (Lipinski definition) is 21. The highest BCUT2D eigenvalue weighted by atomic mass is 32.1. The number of nitrogens with one attached hydrogen (secondary N) is 3. The molecule has 2 unspecified atom stereocenters. The average Bonchev–Trinajstić information content (AvgIpc) is 0.775. The number of hydrogen-bond donors (Lipinski definition) is 6. The van der Waals surface area contributed by atoms with E-state index in [-0.39, 0.29) is 111 Å². The molecule has 4 bridgehead atoms. The van der Waals surface area contributed by atoms with Crippen LogP contribution in [0.5, 0.6) is 0 Å². The summed E-state index contributed by atoms with van der Waals surface area (Å²) in [6.07, 6.45) is 10.4. The molecule has 4 saturated carbocycles. The maximum Gasteiger partial charge on any atom is 0.409 e. The Labute approximate surface area is 618 Å². The van der Waals surface area contributed by atoms with Gasteiger partial charge in [-0.25, -0.2) is 29.3 Å². The van der Waals surface area contributed by atoms with Gasteiger partial charge in [-0.3, -0.25) is 43.7 Å². The van der Waals surface area contributed by atoms with Gasteiger partial charge in [0.05, 0.1) is 87.1 Å². The lowest BCUT2D eigenvalue weighted by Gasteiger charge is -2.69. The maximum absolute atomic E-state index is 14.1. The minimum absolute atomic E-state index is 0.00795. The Bertz CT molecular complexity index is 4210. The number of benzene rings is 3. The first-order valence-corrected chi connectivity index (χ1v) is 36.8. The zero-order valence-electron chi connectivity index (χ0n) is 60.9. The highest BCUT2D eigenvalue weighted by molar-refractivity contribution is 7.22. The van der Waals surface area contributed by atoms with Gasteiger partial charge in [0.1, 0.15) is 31.1 Å². The number of aromatic nitrogens is 4. The van der Waals surface area contributed by atoms with E-state index in [1.807, 2.05) is 71.1 Å². The highest BCUT2D eigenvalue weighted by Crippen LogP contribution is 2.72. The summed E-state index contributed by atoms with van der Waals surface area (Å²) in [5.41, 5.74) is 17.1. The van der Waals surface area contributed by atoms with Crippen molar-refractivity contribution in [1.82, 2.24) is 40.2 Å². The lowest BCUT2D eigenvalue weighted by atomic mass is 9.39. The number of thiazole rings is 1. The lowest BCUT2D eigenvalue weighted by Crippen LogP contribution is -2.64. The van der Waals surface area contributed by atoms with Crippen LogP contribution >= 0.6 is 11.3 Å². The van der Waals surface area contributed by atoms with Crippen molar-refractivity contribution in [3.8, 4) is 11.1 Å². The number of nitrogens with two attached hydrogens (primary N) is 2. The first-order chi connectivity index (χ1) is 50.8. The van der Waals surface area contributed by atoms with E-state index in [0.717, 1.165) is 75.4 Å². The number of carbonyl (C=O) groups is 9. The molecule has 0 saturated heterocycles. The predicted octanol–water partition coefficient (Wildman–Crippen LogP) is 7.55. The SMILES string of the molecule is Cc1c(-c2ccc(N3CCc4cccc(C(=O)Nc5nc6ccccc6s5)c4C3)nc2C(=O)O)cnn1CC12CC3(C)CC(C)(C1)CC(OCCOCCOCCN(C)C(=O)OCc1ccc(N(C(N)=O)C(=O)[C@H](CCCN)NC(=O)[C@@H](NC(=O)COCCOCCN4C(=O)C=CC4=O)C(C)C)cc1)(C3)C2. The van der Waals surface area contributed by atoms with Crippen molar-refractivity contribution in [2.75, 3.05) is 108 Å². The minimum Gasteiger partial charge on any atom is -0.476 e. The molecule has 3 aromatic heterocycles. The van der Waals surface area contributed by atoms with E-state index in [0.29, 0.717) is 79.1 Å². The van der Waals surface area contributed by atoms with E-state index in [4.69, 9.17) is 50.0 Å².